The second kappa shape index (κ2) is 7.02. The molecule has 0 aliphatic carbocycles. The molecule has 1 aromatic heterocycles. The molecule has 0 amide bonds. The van der Waals surface area contributed by atoms with Crippen LogP contribution in [0.5, 0.6) is 0 Å². The van der Waals surface area contributed by atoms with E-state index in [4.69, 9.17) is 9.72 Å². The van der Waals surface area contributed by atoms with Crippen LogP contribution < -0.4 is 4.90 Å². The van der Waals surface area contributed by atoms with E-state index in [1.165, 1.54) is 0 Å². The standard InChI is InChI=1S/C16H20N2O2S/c19-9-8-18(14-5-2-1-3-6-14)11-13-12-21-16(17-13)15-7-4-10-20-15/h1-3,5-6,12,15,19H,4,7-11H2. The molecule has 21 heavy (non-hydrogen) atoms. The first-order valence-electron chi connectivity index (χ1n) is 7.33. The Labute approximate surface area is 129 Å². The van der Waals surface area contributed by atoms with Crippen molar-refractivity contribution in [1.82, 2.24) is 4.98 Å². The molecule has 1 aromatic carbocycles. The second-order valence-corrected chi connectivity index (χ2v) is 6.05. The van der Waals surface area contributed by atoms with Gasteiger partial charge in [-0.1, -0.05) is 18.2 Å². The van der Waals surface area contributed by atoms with Crippen molar-refractivity contribution < 1.29 is 9.84 Å². The summed E-state index contributed by atoms with van der Waals surface area (Å²) in [4.78, 5) is 6.86. The normalized spacial score (nSPS) is 18.0. The number of anilines is 1. The van der Waals surface area contributed by atoms with Crippen LogP contribution in [0.4, 0.5) is 5.69 Å². The number of benzene rings is 1. The van der Waals surface area contributed by atoms with Crippen LogP contribution in [-0.4, -0.2) is 29.8 Å². The Hall–Kier alpha value is -1.43. The van der Waals surface area contributed by atoms with Crippen molar-refractivity contribution in [3.63, 3.8) is 0 Å². The highest BCUT2D eigenvalue weighted by Gasteiger charge is 2.21. The molecule has 0 radical (unpaired) electrons. The third-order valence-corrected chi connectivity index (χ3v) is 4.60. The Morgan fingerprint density at radius 3 is 2.90 bits per heavy atom. The maximum absolute atomic E-state index is 9.27. The number of nitrogens with zero attached hydrogens (tertiary/aromatic N) is 2. The number of para-hydroxylation sites is 1. The number of rotatable bonds is 6. The van der Waals surface area contributed by atoms with E-state index in [-0.39, 0.29) is 12.7 Å². The lowest BCUT2D eigenvalue weighted by atomic mass is 10.2. The highest BCUT2D eigenvalue weighted by atomic mass is 32.1. The molecule has 4 nitrogen and oxygen atoms in total. The van der Waals surface area contributed by atoms with Gasteiger partial charge in [-0.15, -0.1) is 11.3 Å². The van der Waals surface area contributed by atoms with Crippen molar-refractivity contribution in [2.24, 2.45) is 0 Å². The second-order valence-electron chi connectivity index (χ2n) is 5.16. The van der Waals surface area contributed by atoms with Gasteiger partial charge in [0.2, 0.25) is 0 Å². The van der Waals surface area contributed by atoms with Crippen molar-refractivity contribution in [3.05, 3.63) is 46.4 Å². The smallest absolute Gasteiger partial charge is 0.122 e. The Kier molecular flexibility index (Phi) is 4.85. The number of ether oxygens (including phenoxy) is 1. The van der Waals surface area contributed by atoms with Gasteiger partial charge >= 0.3 is 0 Å². The molecule has 1 atom stereocenters. The van der Waals surface area contributed by atoms with Crippen LogP contribution >= 0.6 is 11.3 Å². The van der Waals surface area contributed by atoms with Crippen molar-refractivity contribution in [3.8, 4) is 0 Å². The van der Waals surface area contributed by atoms with Gasteiger partial charge in [-0.3, -0.25) is 0 Å². The topological polar surface area (TPSA) is 45.6 Å². The zero-order valence-electron chi connectivity index (χ0n) is 11.9. The van der Waals surface area contributed by atoms with Crippen molar-refractivity contribution >= 4 is 17.0 Å². The first-order valence-corrected chi connectivity index (χ1v) is 8.21. The molecule has 1 N–H and O–H groups in total. The first kappa shape index (κ1) is 14.5. The minimum atomic E-state index is 0.137. The van der Waals surface area contributed by atoms with Gasteiger partial charge in [-0.05, 0) is 25.0 Å². The van der Waals surface area contributed by atoms with Gasteiger partial charge in [0.05, 0.1) is 18.8 Å². The Bertz CT molecular complexity index is 552. The highest BCUT2D eigenvalue weighted by molar-refractivity contribution is 7.09. The number of thiazole rings is 1. The average molecular weight is 304 g/mol. The van der Waals surface area contributed by atoms with Crippen LogP contribution in [0.25, 0.3) is 0 Å². The molecule has 112 valence electrons. The van der Waals surface area contributed by atoms with Crippen LogP contribution in [-0.2, 0) is 11.3 Å². The minimum Gasteiger partial charge on any atom is -0.395 e. The van der Waals surface area contributed by atoms with Crippen LogP contribution in [0, 0.1) is 0 Å². The van der Waals surface area contributed by atoms with E-state index in [0.29, 0.717) is 13.1 Å². The molecule has 0 bridgehead atoms. The molecule has 1 aliphatic heterocycles. The fraction of sp³-hybridized carbons (Fsp3) is 0.438. The molecular weight excluding hydrogens is 284 g/mol. The molecule has 0 spiro atoms. The lowest BCUT2D eigenvalue weighted by Gasteiger charge is -2.22. The monoisotopic (exact) mass is 304 g/mol. The largest absolute Gasteiger partial charge is 0.395 e. The number of aromatic nitrogens is 1. The Morgan fingerprint density at radius 1 is 1.33 bits per heavy atom. The molecular formula is C16H20N2O2S. The summed E-state index contributed by atoms with van der Waals surface area (Å²) in [5, 5.41) is 12.5. The summed E-state index contributed by atoms with van der Waals surface area (Å²) in [6, 6.07) is 10.1. The van der Waals surface area contributed by atoms with E-state index in [9.17, 15) is 5.11 Å². The van der Waals surface area contributed by atoms with Crippen LogP contribution in [0.3, 0.4) is 0 Å². The SMILES string of the molecule is OCCN(Cc1csc(C2CCCO2)n1)c1ccccc1. The minimum absolute atomic E-state index is 0.137. The lowest BCUT2D eigenvalue weighted by Crippen LogP contribution is -2.26. The van der Waals surface area contributed by atoms with Gasteiger partial charge in [-0.25, -0.2) is 4.98 Å². The summed E-state index contributed by atoms with van der Waals surface area (Å²) in [5.74, 6) is 0. The number of hydrogen-bond acceptors (Lipinski definition) is 5. The summed E-state index contributed by atoms with van der Waals surface area (Å²) in [6.07, 6.45) is 2.39. The molecule has 2 aromatic rings. The van der Waals surface area contributed by atoms with Gasteiger partial charge in [0, 0.05) is 24.2 Å². The molecule has 1 saturated heterocycles. The van der Waals surface area contributed by atoms with E-state index >= 15 is 0 Å². The van der Waals surface area contributed by atoms with Crippen molar-refractivity contribution in [2.45, 2.75) is 25.5 Å². The Balaban J connectivity index is 1.71. The summed E-state index contributed by atoms with van der Waals surface area (Å²) >= 11 is 1.68. The predicted octanol–water partition coefficient (Wildman–Crippen LogP) is 2.99. The summed E-state index contributed by atoms with van der Waals surface area (Å²) in [5.41, 5.74) is 2.15. The summed E-state index contributed by atoms with van der Waals surface area (Å²) < 4.78 is 5.68. The summed E-state index contributed by atoms with van der Waals surface area (Å²) in [6.45, 7) is 2.31. The van der Waals surface area contributed by atoms with E-state index in [0.717, 1.165) is 35.8 Å². The third-order valence-electron chi connectivity index (χ3n) is 3.62. The van der Waals surface area contributed by atoms with Gasteiger partial charge < -0.3 is 14.7 Å². The van der Waals surface area contributed by atoms with Gasteiger partial charge in [0.1, 0.15) is 11.1 Å². The quantitative estimate of drug-likeness (QED) is 0.891. The van der Waals surface area contributed by atoms with E-state index in [1.54, 1.807) is 11.3 Å². The van der Waals surface area contributed by atoms with Crippen molar-refractivity contribution in [1.29, 1.82) is 0 Å². The highest BCUT2D eigenvalue weighted by Crippen LogP contribution is 2.31. The van der Waals surface area contributed by atoms with E-state index < -0.39 is 0 Å². The summed E-state index contributed by atoms with van der Waals surface area (Å²) in [7, 11) is 0. The molecule has 0 saturated carbocycles. The van der Waals surface area contributed by atoms with E-state index in [1.807, 2.05) is 18.2 Å². The molecule has 1 fully saturated rings. The van der Waals surface area contributed by atoms with Crippen molar-refractivity contribution in [2.75, 3.05) is 24.7 Å². The number of aliphatic hydroxyl groups is 1. The first-order chi connectivity index (χ1) is 10.4. The number of hydrogen-bond donors (Lipinski definition) is 1. The predicted molar refractivity (Wildman–Crippen MR) is 84.6 cm³/mol. The number of aliphatic hydroxyl groups excluding tert-OH is 1. The van der Waals surface area contributed by atoms with Crippen LogP contribution in [0.1, 0.15) is 29.6 Å². The van der Waals surface area contributed by atoms with Gasteiger partial charge in [0.25, 0.3) is 0 Å². The molecule has 5 heteroatoms. The molecule has 3 rings (SSSR count). The van der Waals surface area contributed by atoms with Crippen LogP contribution in [0.15, 0.2) is 35.7 Å². The molecule has 1 aliphatic rings. The third kappa shape index (κ3) is 3.61. The Morgan fingerprint density at radius 2 is 2.19 bits per heavy atom. The molecule has 2 heterocycles. The maximum atomic E-state index is 9.27. The van der Waals surface area contributed by atoms with Gasteiger partial charge in [-0.2, -0.15) is 0 Å². The lowest BCUT2D eigenvalue weighted by molar-refractivity contribution is 0.111. The maximum Gasteiger partial charge on any atom is 0.122 e. The average Bonchev–Trinajstić information content (AvgIpc) is 3.19. The zero-order chi connectivity index (χ0) is 14.5. The van der Waals surface area contributed by atoms with Gasteiger partial charge in [0.15, 0.2) is 0 Å². The van der Waals surface area contributed by atoms with Crippen LogP contribution in [0.2, 0.25) is 0 Å². The fourth-order valence-corrected chi connectivity index (χ4v) is 3.46. The fourth-order valence-electron chi connectivity index (χ4n) is 2.57. The zero-order valence-corrected chi connectivity index (χ0v) is 12.8. The van der Waals surface area contributed by atoms with E-state index in [2.05, 4.69) is 22.4 Å². The molecule has 1 unspecified atom stereocenters.